The van der Waals surface area contributed by atoms with Crippen molar-refractivity contribution in [3.8, 4) is 0 Å². The summed E-state index contributed by atoms with van der Waals surface area (Å²) >= 11 is 3.58. The summed E-state index contributed by atoms with van der Waals surface area (Å²) in [7, 11) is 0. The summed E-state index contributed by atoms with van der Waals surface area (Å²) in [6.07, 6.45) is 4.65. The Hall–Kier alpha value is -1.62. The van der Waals surface area contributed by atoms with Crippen LogP contribution in [0.5, 0.6) is 0 Å². The number of rotatable bonds is 5. The highest BCUT2D eigenvalue weighted by Gasteiger charge is 2.28. The molecule has 4 nitrogen and oxygen atoms in total. The zero-order chi connectivity index (χ0) is 17.4. The Balaban J connectivity index is 1.61. The van der Waals surface area contributed by atoms with Crippen molar-refractivity contribution in [2.75, 3.05) is 16.8 Å². The highest BCUT2D eigenvalue weighted by molar-refractivity contribution is 9.10. The largest absolute Gasteiger partial charge is 0.352 e. The number of nitrogens with one attached hydrogen (secondary N) is 1. The van der Waals surface area contributed by atoms with Crippen LogP contribution in [0.2, 0.25) is 0 Å². The minimum Gasteiger partial charge on any atom is -0.352 e. The third-order valence-corrected chi connectivity index (χ3v) is 5.71. The molecular formula is C20H25BrN4. The van der Waals surface area contributed by atoms with Gasteiger partial charge in [-0.1, -0.05) is 28.9 Å². The van der Waals surface area contributed by atoms with Crippen LogP contribution in [0.25, 0.3) is 0 Å². The normalized spacial score (nSPS) is 18.0. The first-order valence-corrected chi connectivity index (χ1v) is 10.1. The molecule has 0 saturated heterocycles. The second-order valence-electron chi connectivity index (χ2n) is 7.29. The van der Waals surface area contributed by atoms with Gasteiger partial charge < -0.3 is 10.2 Å². The highest BCUT2D eigenvalue weighted by Crippen LogP contribution is 2.40. The second kappa shape index (κ2) is 6.94. The molecule has 4 rings (SSSR count). The summed E-state index contributed by atoms with van der Waals surface area (Å²) < 4.78 is 1.16. The van der Waals surface area contributed by atoms with Gasteiger partial charge in [-0.05, 0) is 55.9 Å². The Morgan fingerprint density at radius 1 is 1.24 bits per heavy atom. The molecule has 132 valence electrons. The summed E-state index contributed by atoms with van der Waals surface area (Å²) in [6, 6.07) is 9.21. The average molecular weight is 401 g/mol. The molecule has 2 heterocycles. The zero-order valence-corrected chi connectivity index (χ0v) is 16.5. The average Bonchev–Trinajstić information content (AvgIpc) is 3.46. The minimum atomic E-state index is 0.390. The lowest BCUT2D eigenvalue weighted by Crippen LogP contribution is -2.31. The van der Waals surface area contributed by atoms with Crippen LogP contribution in [0.4, 0.5) is 11.8 Å². The smallest absolute Gasteiger partial charge is 0.225 e. The summed E-state index contributed by atoms with van der Waals surface area (Å²) in [6.45, 7) is 6.30. The molecule has 25 heavy (non-hydrogen) atoms. The van der Waals surface area contributed by atoms with E-state index in [-0.39, 0.29) is 0 Å². The minimum absolute atomic E-state index is 0.390. The predicted octanol–water partition coefficient (Wildman–Crippen LogP) is 4.89. The second-order valence-corrected chi connectivity index (χ2v) is 8.20. The molecule has 1 aromatic heterocycles. The Kier molecular flexibility index (Phi) is 4.67. The van der Waals surface area contributed by atoms with E-state index in [9.17, 15) is 0 Å². The van der Waals surface area contributed by atoms with Crippen LogP contribution < -0.4 is 10.2 Å². The Morgan fingerprint density at radius 2 is 2.08 bits per heavy atom. The van der Waals surface area contributed by atoms with Crippen molar-refractivity contribution >= 4 is 27.7 Å². The summed E-state index contributed by atoms with van der Waals surface area (Å²) in [5.41, 5.74) is 4.05. The summed E-state index contributed by atoms with van der Waals surface area (Å²) in [4.78, 5) is 12.0. The van der Waals surface area contributed by atoms with Gasteiger partial charge in [-0.3, -0.25) is 0 Å². The van der Waals surface area contributed by atoms with Crippen molar-refractivity contribution in [2.24, 2.45) is 0 Å². The Morgan fingerprint density at radius 3 is 2.84 bits per heavy atom. The van der Waals surface area contributed by atoms with Gasteiger partial charge in [0.25, 0.3) is 0 Å². The van der Waals surface area contributed by atoms with Gasteiger partial charge >= 0.3 is 0 Å². The molecule has 1 N–H and O–H groups in total. The fourth-order valence-corrected chi connectivity index (χ4v) is 3.72. The van der Waals surface area contributed by atoms with Gasteiger partial charge in [-0.25, -0.2) is 4.98 Å². The molecule has 5 heteroatoms. The van der Waals surface area contributed by atoms with Crippen LogP contribution in [0.3, 0.4) is 0 Å². The maximum atomic E-state index is 4.84. The van der Waals surface area contributed by atoms with Gasteiger partial charge in [-0.2, -0.15) is 4.98 Å². The number of fused-ring (bicyclic) bond motifs is 1. The highest BCUT2D eigenvalue weighted by atomic mass is 79.9. The molecule has 0 spiro atoms. The molecule has 1 aromatic carbocycles. The first-order chi connectivity index (χ1) is 12.1. The van der Waals surface area contributed by atoms with Crippen LogP contribution in [0.15, 0.2) is 28.7 Å². The fourth-order valence-electron chi connectivity index (χ4n) is 3.31. The van der Waals surface area contributed by atoms with Crippen molar-refractivity contribution < 1.29 is 0 Å². The van der Waals surface area contributed by atoms with Gasteiger partial charge in [0.05, 0.1) is 5.69 Å². The maximum Gasteiger partial charge on any atom is 0.225 e. The van der Waals surface area contributed by atoms with E-state index in [2.05, 4.69) is 64.3 Å². The van der Waals surface area contributed by atoms with Crippen LogP contribution in [0, 0.1) is 0 Å². The third kappa shape index (κ3) is 3.81. The van der Waals surface area contributed by atoms with Crippen molar-refractivity contribution in [3.05, 3.63) is 45.6 Å². The van der Waals surface area contributed by atoms with Gasteiger partial charge in [0.1, 0.15) is 5.82 Å². The van der Waals surface area contributed by atoms with E-state index in [0.717, 1.165) is 42.2 Å². The quantitative estimate of drug-likeness (QED) is 0.775. The van der Waals surface area contributed by atoms with Crippen LogP contribution in [-0.4, -0.2) is 22.6 Å². The standard InChI is InChI=1S/C20H25BrN4/c1-3-13(2)22-20-23-18(14-4-5-14)11-19(24-20)25-9-8-15-10-17(21)7-6-16(15)12-25/h6-7,10-11,13-14H,3-5,8-9,12H2,1-2H3,(H,22,23,24)/t13-/m1/s1. The van der Waals surface area contributed by atoms with Gasteiger partial charge in [0.15, 0.2) is 0 Å². The number of hydrogen-bond donors (Lipinski definition) is 1. The Labute approximate surface area is 158 Å². The molecule has 1 saturated carbocycles. The van der Waals surface area contributed by atoms with E-state index < -0.39 is 0 Å². The number of halogens is 1. The fraction of sp³-hybridized carbons (Fsp3) is 0.500. The number of nitrogens with zero attached hydrogens (tertiary/aromatic N) is 3. The van der Waals surface area contributed by atoms with Gasteiger partial charge in [0, 0.05) is 35.6 Å². The lowest BCUT2D eigenvalue weighted by atomic mass is 10.00. The molecule has 0 radical (unpaired) electrons. The molecule has 0 unspecified atom stereocenters. The van der Waals surface area contributed by atoms with Crippen molar-refractivity contribution in [1.29, 1.82) is 0 Å². The number of benzene rings is 1. The van der Waals surface area contributed by atoms with E-state index in [1.807, 2.05) is 0 Å². The van der Waals surface area contributed by atoms with E-state index in [1.165, 1.54) is 29.7 Å². The molecule has 1 aliphatic carbocycles. The monoisotopic (exact) mass is 400 g/mol. The lowest BCUT2D eigenvalue weighted by molar-refractivity contribution is 0.711. The first-order valence-electron chi connectivity index (χ1n) is 9.30. The van der Waals surface area contributed by atoms with Crippen molar-refractivity contribution in [3.63, 3.8) is 0 Å². The molecular weight excluding hydrogens is 376 g/mol. The molecule has 2 aliphatic rings. The molecule has 1 fully saturated rings. The van der Waals surface area contributed by atoms with E-state index in [4.69, 9.17) is 9.97 Å². The predicted molar refractivity (Wildman–Crippen MR) is 106 cm³/mol. The van der Waals surface area contributed by atoms with Crippen LogP contribution in [0.1, 0.15) is 55.8 Å². The summed E-state index contributed by atoms with van der Waals surface area (Å²) in [5.74, 6) is 2.49. The van der Waals surface area contributed by atoms with Gasteiger partial charge in [0.2, 0.25) is 5.95 Å². The SMILES string of the molecule is CC[C@@H](C)Nc1nc(C2CC2)cc(N2CCc3cc(Br)ccc3C2)n1. The first kappa shape index (κ1) is 16.8. The zero-order valence-electron chi connectivity index (χ0n) is 14.9. The van der Waals surface area contributed by atoms with E-state index in [1.54, 1.807) is 0 Å². The molecule has 1 aliphatic heterocycles. The Bertz CT molecular complexity index is 772. The van der Waals surface area contributed by atoms with E-state index in [0.29, 0.717) is 12.0 Å². The van der Waals surface area contributed by atoms with Crippen molar-refractivity contribution in [2.45, 2.75) is 58.0 Å². The topological polar surface area (TPSA) is 41.1 Å². The number of aromatic nitrogens is 2. The molecule has 0 amide bonds. The maximum absolute atomic E-state index is 4.84. The number of anilines is 2. The van der Waals surface area contributed by atoms with E-state index >= 15 is 0 Å². The van der Waals surface area contributed by atoms with Crippen LogP contribution in [-0.2, 0) is 13.0 Å². The third-order valence-electron chi connectivity index (χ3n) is 5.22. The molecule has 0 bridgehead atoms. The van der Waals surface area contributed by atoms with Crippen LogP contribution >= 0.6 is 15.9 Å². The molecule has 2 aromatic rings. The number of hydrogen-bond acceptors (Lipinski definition) is 4. The van der Waals surface area contributed by atoms with Crippen molar-refractivity contribution in [1.82, 2.24) is 9.97 Å². The molecule has 1 atom stereocenters. The summed E-state index contributed by atoms with van der Waals surface area (Å²) in [5, 5.41) is 3.47. The lowest BCUT2D eigenvalue weighted by Gasteiger charge is -2.30. The van der Waals surface area contributed by atoms with Gasteiger partial charge in [-0.15, -0.1) is 0 Å².